The highest BCUT2D eigenvalue weighted by molar-refractivity contribution is 7.91. The average Bonchev–Trinajstić information content (AvgIpc) is 2.83. The van der Waals surface area contributed by atoms with Crippen LogP contribution in [0.3, 0.4) is 0 Å². The van der Waals surface area contributed by atoms with Gasteiger partial charge < -0.3 is 14.4 Å². The van der Waals surface area contributed by atoms with Crippen molar-refractivity contribution >= 4 is 21.7 Å². The second-order valence-corrected chi connectivity index (χ2v) is 6.34. The third-order valence-corrected chi connectivity index (χ3v) is 4.66. The van der Waals surface area contributed by atoms with Crippen LogP contribution in [-0.4, -0.2) is 44.1 Å². The van der Waals surface area contributed by atoms with E-state index in [1.54, 1.807) is 11.9 Å². The van der Waals surface area contributed by atoms with Gasteiger partial charge in [-0.2, -0.15) is 0 Å². The normalized spacial score (nSPS) is 22.5. The molecule has 1 saturated heterocycles. The number of carbonyl (C=O) groups is 1. The highest BCUT2D eigenvalue weighted by Crippen LogP contribution is 2.24. The maximum absolute atomic E-state index is 11.3. The van der Waals surface area contributed by atoms with E-state index in [0.717, 1.165) is 0 Å². The van der Waals surface area contributed by atoms with Gasteiger partial charge in [-0.1, -0.05) is 0 Å². The summed E-state index contributed by atoms with van der Waals surface area (Å²) in [4.78, 5) is 12.3. The molecule has 1 aliphatic rings. The third-order valence-electron chi connectivity index (χ3n) is 2.91. The summed E-state index contributed by atoms with van der Waals surface area (Å²) in [6.07, 6.45) is 0.544. The van der Waals surface area contributed by atoms with Crippen LogP contribution in [-0.2, 0) is 9.84 Å². The minimum Gasteiger partial charge on any atom is -0.475 e. The van der Waals surface area contributed by atoms with E-state index in [1.165, 1.54) is 12.1 Å². The van der Waals surface area contributed by atoms with E-state index in [1.807, 2.05) is 0 Å². The van der Waals surface area contributed by atoms with Crippen LogP contribution in [0.1, 0.15) is 17.0 Å². The van der Waals surface area contributed by atoms with Gasteiger partial charge >= 0.3 is 5.97 Å². The lowest BCUT2D eigenvalue weighted by atomic mass is 10.2. The Kier molecular flexibility index (Phi) is 2.86. The van der Waals surface area contributed by atoms with Crippen molar-refractivity contribution in [2.24, 2.45) is 0 Å². The van der Waals surface area contributed by atoms with Gasteiger partial charge in [0, 0.05) is 19.2 Å². The van der Waals surface area contributed by atoms with Crippen molar-refractivity contribution in [2.45, 2.75) is 12.5 Å². The number of carboxylic acid groups (broad SMARTS) is 1. The van der Waals surface area contributed by atoms with Crippen molar-refractivity contribution in [1.29, 1.82) is 0 Å². The molecule has 1 N–H and O–H groups in total. The summed E-state index contributed by atoms with van der Waals surface area (Å²) >= 11 is 0. The summed E-state index contributed by atoms with van der Waals surface area (Å²) < 4.78 is 27.8. The van der Waals surface area contributed by atoms with Crippen LogP contribution in [0.25, 0.3) is 0 Å². The van der Waals surface area contributed by atoms with Crippen LogP contribution in [0.4, 0.5) is 5.88 Å². The Balaban J connectivity index is 2.14. The number of carboxylic acids is 1. The highest BCUT2D eigenvalue weighted by atomic mass is 32.2. The minimum absolute atomic E-state index is 0.0899. The molecule has 1 aromatic heterocycles. The first-order valence-corrected chi connectivity index (χ1v) is 6.97. The number of furan rings is 1. The Morgan fingerprint density at radius 2 is 2.24 bits per heavy atom. The van der Waals surface area contributed by atoms with Crippen LogP contribution in [0.2, 0.25) is 0 Å². The van der Waals surface area contributed by atoms with E-state index in [-0.39, 0.29) is 23.3 Å². The Morgan fingerprint density at radius 1 is 1.53 bits per heavy atom. The molecule has 0 amide bonds. The number of nitrogens with zero attached hydrogens (tertiary/aromatic N) is 1. The molecule has 0 saturated carbocycles. The Hall–Kier alpha value is -1.50. The summed E-state index contributed by atoms with van der Waals surface area (Å²) in [5, 5.41) is 8.72. The summed E-state index contributed by atoms with van der Waals surface area (Å²) in [5.74, 6) is -0.637. The maximum Gasteiger partial charge on any atom is 0.371 e. The molecular weight excluding hydrogens is 246 g/mol. The zero-order chi connectivity index (χ0) is 12.6. The maximum atomic E-state index is 11.3. The highest BCUT2D eigenvalue weighted by Gasteiger charge is 2.32. The first-order chi connectivity index (χ1) is 7.89. The van der Waals surface area contributed by atoms with Gasteiger partial charge in [0.25, 0.3) is 0 Å². The Bertz CT molecular complexity index is 533. The van der Waals surface area contributed by atoms with Gasteiger partial charge in [-0.3, -0.25) is 0 Å². The standard InChI is InChI=1S/C10H13NO5S/c1-11(7-4-5-17(14,15)6-7)9-3-2-8(16-9)10(12)13/h2-3,7H,4-6H2,1H3,(H,12,13). The van der Waals surface area contributed by atoms with Crippen molar-refractivity contribution in [3.63, 3.8) is 0 Å². The molecule has 17 heavy (non-hydrogen) atoms. The summed E-state index contributed by atoms with van der Waals surface area (Å²) in [6.45, 7) is 0. The minimum atomic E-state index is -2.96. The molecule has 1 aliphatic heterocycles. The zero-order valence-corrected chi connectivity index (χ0v) is 10.1. The van der Waals surface area contributed by atoms with E-state index >= 15 is 0 Å². The lowest BCUT2D eigenvalue weighted by Crippen LogP contribution is -2.32. The third kappa shape index (κ3) is 2.44. The van der Waals surface area contributed by atoms with Crippen LogP contribution >= 0.6 is 0 Å². The van der Waals surface area contributed by atoms with Gasteiger partial charge in [0.1, 0.15) is 0 Å². The molecular formula is C10H13NO5S. The van der Waals surface area contributed by atoms with Crippen LogP contribution < -0.4 is 4.90 Å². The number of anilines is 1. The molecule has 7 heteroatoms. The predicted molar refractivity (Wildman–Crippen MR) is 61.1 cm³/mol. The molecule has 0 radical (unpaired) electrons. The van der Waals surface area contributed by atoms with Gasteiger partial charge in [0.2, 0.25) is 5.76 Å². The van der Waals surface area contributed by atoms with Gasteiger partial charge in [0.05, 0.1) is 11.5 Å². The fourth-order valence-corrected chi connectivity index (χ4v) is 3.67. The lowest BCUT2D eigenvalue weighted by Gasteiger charge is -2.22. The van der Waals surface area contributed by atoms with Gasteiger partial charge in [0.15, 0.2) is 15.7 Å². The number of rotatable bonds is 3. The van der Waals surface area contributed by atoms with Crippen LogP contribution in [0.5, 0.6) is 0 Å². The van der Waals surface area contributed by atoms with E-state index in [9.17, 15) is 13.2 Å². The largest absolute Gasteiger partial charge is 0.475 e. The van der Waals surface area contributed by atoms with Crippen molar-refractivity contribution in [2.75, 3.05) is 23.5 Å². The first kappa shape index (κ1) is 12.0. The molecule has 2 heterocycles. The van der Waals surface area contributed by atoms with E-state index in [0.29, 0.717) is 12.3 Å². The van der Waals surface area contributed by atoms with E-state index in [2.05, 4.69) is 0 Å². The number of sulfone groups is 1. The van der Waals surface area contributed by atoms with Crippen molar-refractivity contribution in [1.82, 2.24) is 0 Å². The summed E-state index contributed by atoms with van der Waals surface area (Å²) in [6, 6.07) is 2.75. The molecule has 2 rings (SSSR count). The van der Waals surface area contributed by atoms with Crippen LogP contribution in [0, 0.1) is 0 Å². The molecule has 1 fully saturated rings. The second kappa shape index (κ2) is 4.06. The number of hydrogen-bond acceptors (Lipinski definition) is 5. The lowest BCUT2D eigenvalue weighted by molar-refractivity contribution is 0.0663. The Morgan fingerprint density at radius 3 is 2.71 bits per heavy atom. The molecule has 0 bridgehead atoms. The van der Waals surface area contributed by atoms with Crippen molar-refractivity contribution < 1.29 is 22.7 Å². The topological polar surface area (TPSA) is 87.8 Å². The summed E-state index contributed by atoms with van der Waals surface area (Å²) in [5.41, 5.74) is 0. The monoisotopic (exact) mass is 259 g/mol. The molecule has 0 spiro atoms. The zero-order valence-electron chi connectivity index (χ0n) is 9.29. The quantitative estimate of drug-likeness (QED) is 0.855. The van der Waals surface area contributed by atoms with Gasteiger partial charge in [-0.15, -0.1) is 0 Å². The molecule has 0 aromatic carbocycles. The van der Waals surface area contributed by atoms with E-state index in [4.69, 9.17) is 9.52 Å². The fraction of sp³-hybridized carbons (Fsp3) is 0.500. The molecule has 0 aliphatic carbocycles. The molecule has 1 aromatic rings. The molecule has 1 atom stereocenters. The van der Waals surface area contributed by atoms with Gasteiger partial charge in [-0.25, -0.2) is 13.2 Å². The summed E-state index contributed by atoms with van der Waals surface area (Å²) in [7, 11) is -1.25. The smallest absolute Gasteiger partial charge is 0.371 e. The average molecular weight is 259 g/mol. The SMILES string of the molecule is CN(c1ccc(C(=O)O)o1)C1CCS(=O)(=O)C1. The molecule has 1 unspecified atom stereocenters. The fourth-order valence-electron chi connectivity index (χ4n) is 1.89. The van der Waals surface area contributed by atoms with Crippen molar-refractivity contribution in [3.05, 3.63) is 17.9 Å². The predicted octanol–water partition coefficient (Wildman–Crippen LogP) is 0.601. The molecule has 94 valence electrons. The van der Waals surface area contributed by atoms with E-state index < -0.39 is 15.8 Å². The Labute approximate surface area is 98.8 Å². The van der Waals surface area contributed by atoms with Crippen molar-refractivity contribution in [3.8, 4) is 0 Å². The first-order valence-electron chi connectivity index (χ1n) is 5.15. The number of aromatic carboxylic acids is 1. The molecule has 6 nitrogen and oxygen atoms in total. The van der Waals surface area contributed by atoms with Gasteiger partial charge in [-0.05, 0) is 12.5 Å². The van der Waals surface area contributed by atoms with Crippen LogP contribution in [0.15, 0.2) is 16.5 Å². The number of hydrogen-bond donors (Lipinski definition) is 1. The second-order valence-electron chi connectivity index (χ2n) is 4.11.